The number of nitrogens with zero attached hydrogens (tertiary/aromatic N) is 3. The SMILES string of the molecule is CCOC(=O)C(C#N)C1C=CN(c2ccc(C)cc2)C=N1. The third-order valence-electron chi connectivity index (χ3n) is 3.16. The lowest BCUT2D eigenvalue weighted by atomic mass is 10.0. The van der Waals surface area contributed by atoms with Gasteiger partial charge in [-0.1, -0.05) is 17.7 Å². The summed E-state index contributed by atoms with van der Waals surface area (Å²) in [4.78, 5) is 17.8. The highest BCUT2D eigenvalue weighted by Gasteiger charge is 2.28. The highest BCUT2D eigenvalue weighted by Crippen LogP contribution is 2.19. The molecule has 0 spiro atoms. The minimum Gasteiger partial charge on any atom is -0.465 e. The number of carbonyl (C=O) groups is 1. The number of carbonyl (C=O) groups excluding carboxylic acids is 1. The minimum atomic E-state index is -0.905. The van der Waals surface area contributed by atoms with E-state index in [0.717, 1.165) is 5.69 Å². The van der Waals surface area contributed by atoms with Gasteiger partial charge in [0.1, 0.15) is 0 Å². The van der Waals surface area contributed by atoms with Crippen LogP contribution in [0.4, 0.5) is 5.69 Å². The summed E-state index contributed by atoms with van der Waals surface area (Å²) in [5, 5.41) is 9.12. The number of benzene rings is 1. The number of hydrogen-bond acceptors (Lipinski definition) is 5. The molecule has 1 aliphatic heterocycles. The maximum absolute atomic E-state index is 11.7. The van der Waals surface area contributed by atoms with Gasteiger partial charge in [-0.05, 0) is 32.1 Å². The fourth-order valence-electron chi connectivity index (χ4n) is 1.99. The Balaban J connectivity index is 2.08. The number of rotatable bonds is 4. The van der Waals surface area contributed by atoms with Gasteiger partial charge in [0.25, 0.3) is 0 Å². The van der Waals surface area contributed by atoms with Crippen molar-refractivity contribution >= 4 is 18.0 Å². The third kappa shape index (κ3) is 3.48. The van der Waals surface area contributed by atoms with Crippen LogP contribution in [0.2, 0.25) is 0 Å². The molecular formula is C16H17N3O2. The summed E-state index contributed by atoms with van der Waals surface area (Å²) in [6, 6.07) is 9.45. The Morgan fingerprint density at radius 1 is 1.48 bits per heavy atom. The van der Waals surface area contributed by atoms with Gasteiger partial charge in [0.15, 0.2) is 5.92 Å². The largest absolute Gasteiger partial charge is 0.465 e. The Kier molecular flexibility index (Phi) is 4.72. The van der Waals surface area contributed by atoms with Gasteiger partial charge in [-0.15, -0.1) is 0 Å². The van der Waals surface area contributed by atoms with Crippen LogP contribution in [0, 0.1) is 24.2 Å². The molecule has 1 aromatic rings. The molecule has 0 aliphatic carbocycles. The summed E-state index contributed by atoms with van der Waals surface area (Å²) in [7, 11) is 0. The van der Waals surface area contributed by atoms with Crippen LogP contribution >= 0.6 is 0 Å². The Morgan fingerprint density at radius 2 is 2.19 bits per heavy atom. The first kappa shape index (κ1) is 14.8. The normalized spacial score (nSPS) is 18.1. The van der Waals surface area contributed by atoms with E-state index in [9.17, 15) is 4.79 Å². The van der Waals surface area contributed by atoms with E-state index >= 15 is 0 Å². The van der Waals surface area contributed by atoms with Crippen LogP contribution in [-0.4, -0.2) is 25.0 Å². The first-order valence-electron chi connectivity index (χ1n) is 6.78. The van der Waals surface area contributed by atoms with Crippen molar-refractivity contribution in [2.75, 3.05) is 11.5 Å². The minimum absolute atomic E-state index is 0.257. The first-order chi connectivity index (χ1) is 10.2. The van der Waals surface area contributed by atoms with Gasteiger partial charge < -0.3 is 9.64 Å². The molecule has 5 nitrogen and oxygen atoms in total. The lowest BCUT2D eigenvalue weighted by Gasteiger charge is -2.22. The van der Waals surface area contributed by atoms with E-state index in [4.69, 9.17) is 10.00 Å². The van der Waals surface area contributed by atoms with E-state index in [-0.39, 0.29) is 6.61 Å². The maximum atomic E-state index is 11.7. The summed E-state index contributed by atoms with van der Waals surface area (Å²) >= 11 is 0. The summed E-state index contributed by atoms with van der Waals surface area (Å²) in [5.74, 6) is -1.44. The van der Waals surface area contributed by atoms with Crippen molar-refractivity contribution in [3.8, 4) is 6.07 Å². The molecular weight excluding hydrogens is 266 g/mol. The predicted octanol–water partition coefficient (Wildman–Crippen LogP) is 2.43. The van der Waals surface area contributed by atoms with E-state index in [0.29, 0.717) is 0 Å². The van der Waals surface area contributed by atoms with Gasteiger partial charge in [-0.3, -0.25) is 9.79 Å². The molecule has 2 unspecified atom stereocenters. The van der Waals surface area contributed by atoms with Gasteiger partial charge >= 0.3 is 5.97 Å². The summed E-state index contributed by atoms with van der Waals surface area (Å²) in [6.07, 6.45) is 5.18. The number of nitriles is 1. The Morgan fingerprint density at radius 3 is 2.71 bits per heavy atom. The topological polar surface area (TPSA) is 65.7 Å². The van der Waals surface area contributed by atoms with Crippen molar-refractivity contribution in [2.24, 2.45) is 10.9 Å². The smallest absolute Gasteiger partial charge is 0.325 e. The van der Waals surface area contributed by atoms with E-state index in [1.165, 1.54) is 5.56 Å². The number of esters is 1. The van der Waals surface area contributed by atoms with Crippen molar-refractivity contribution in [1.82, 2.24) is 0 Å². The standard InChI is InChI=1S/C16H17N3O2/c1-3-21-16(20)14(10-17)15-8-9-19(11-18-15)13-6-4-12(2)5-7-13/h4-9,11,14-15H,3H2,1-2H3. The van der Waals surface area contributed by atoms with E-state index in [2.05, 4.69) is 4.99 Å². The van der Waals surface area contributed by atoms with Crippen LogP contribution in [0.25, 0.3) is 0 Å². The second-order valence-corrected chi connectivity index (χ2v) is 4.70. The molecule has 0 bridgehead atoms. The Labute approximate surface area is 124 Å². The molecule has 0 radical (unpaired) electrons. The van der Waals surface area contributed by atoms with Gasteiger partial charge in [-0.2, -0.15) is 5.26 Å². The second-order valence-electron chi connectivity index (χ2n) is 4.70. The Hall–Kier alpha value is -2.61. The Bertz CT molecular complexity index is 585. The monoisotopic (exact) mass is 283 g/mol. The quantitative estimate of drug-likeness (QED) is 0.796. The zero-order valence-electron chi connectivity index (χ0n) is 12.1. The molecule has 5 heteroatoms. The van der Waals surface area contributed by atoms with Crippen molar-refractivity contribution in [3.63, 3.8) is 0 Å². The van der Waals surface area contributed by atoms with Gasteiger partial charge in [0, 0.05) is 11.9 Å². The molecule has 0 saturated heterocycles. The average molecular weight is 283 g/mol. The van der Waals surface area contributed by atoms with Crippen LogP contribution in [0.15, 0.2) is 41.5 Å². The molecule has 0 fully saturated rings. The van der Waals surface area contributed by atoms with Crippen LogP contribution in [0.3, 0.4) is 0 Å². The lowest BCUT2D eigenvalue weighted by molar-refractivity contribution is -0.146. The molecule has 108 valence electrons. The first-order valence-corrected chi connectivity index (χ1v) is 6.78. The molecule has 0 N–H and O–H groups in total. The highest BCUT2D eigenvalue weighted by molar-refractivity contribution is 5.84. The van der Waals surface area contributed by atoms with Crippen LogP contribution in [0.5, 0.6) is 0 Å². The van der Waals surface area contributed by atoms with Gasteiger partial charge in [0.2, 0.25) is 0 Å². The zero-order valence-corrected chi connectivity index (χ0v) is 12.1. The summed E-state index contributed by atoms with van der Waals surface area (Å²) < 4.78 is 4.89. The number of aliphatic imine (C=N–C) groups is 1. The van der Waals surface area contributed by atoms with Crippen LogP contribution in [0.1, 0.15) is 12.5 Å². The number of ether oxygens (including phenoxy) is 1. The summed E-state index contributed by atoms with van der Waals surface area (Å²) in [6.45, 7) is 3.99. The number of anilines is 1. The zero-order chi connectivity index (χ0) is 15.2. The second kappa shape index (κ2) is 6.71. The molecule has 0 amide bonds. The van der Waals surface area contributed by atoms with Crippen molar-refractivity contribution in [3.05, 3.63) is 42.1 Å². The molecule has 1 heterocycles. The predicted molar refractivity (Wildman–Crippen MR) is 80.8 cm³/mol. The molecule has 1 aromatic carbocycles. The molecule has 21 heavy (non-hydrogen) atoms. The van der Waals surface area contributed by atoms with Gasteiger partial charge in [0.05, 0.1) is 25.1 Å². The average Bonchev–Trinajstić information content (AvgIpc) is 2.50. The van der Waals surface area contributed by atoms with Crippen LogP contribution in [-0.2, 0) is 9.53 Å². The van der Waals surface area contributed by atoms with E-state index in [1.807, 2.05) is 48.4 Å². The lowest BCUT2D eigenvalue weighted by Crippen LogP contribution is -2.30. The van der Waals surface area contributed by atoms with Crippen molar-refractivity contribution in [2.45, 2.75) is 19.9 Å². The molecule has 1 aliphatic rings. The molecule has 0 aromatic heterocycles. The van der Waals surface area contributed by atoms with Crippen molar-refractivity contribution < 1.29 is 9.53 Å². The summed E-state index contributed by atoms with van der Waals surface area (Å²) in [5.41, 5.74) is 2.16. The third-order valence-corrected chi connectivity index (χ3v) is 3.16. The number of hydrogen-bond donors (Lipinski definition) is 0. The van der Waals surface area contributed by atoms with E-state index < -0.39 is 17.9 Å². The fourth-order valence-corrected chi connectivity index (χ4v) is 1.99. The molecule has 2 atom stereocenters. The van der Waals surface area contributed by atoms with Crippen molar-refractivity contribution in [1.29, 1.82) is 5.26 Å². The van der Waals surface area contributed by atoms with Gasteiger partial charge in [-0.25, -0.2) is 0 Å². The molecule has 0 saturated carbocycles. The highest BCUT2D eigenvalue weighted by atomic mass is 16.5. The molecule has 2 rings (SSSR count). The van der Waals surface area contributed by atoms with E-state index in [1.54, 1.807) is 19.3 Å². The van der Waals surface area contributed by atoms with Crippen LogP contribution < -0.4 is 4.90 Å². The number of aryl methyl sites for hydroxylation is 1. The maximum Gasteiger partial charge on any atom is 0.325 e. The fraction of sp³-hybridized carbons (Fsp3) is 0.312.